The summed E-state index contributed by atoms with van der Waals surface area (Å²) < 4.78 is 0. The zero-order valence-electron chi connectivity index (χ0n) is 7.05. The molecular formula is C8H14N2O. The topological polar surface area (TPSA) is 32.3 Å². The maximum absolute atomic E-state index is 11.1. The second-order valence-electron chi connectivity index (χ2n) is 2.23. The monoisotopic (exact) mass is 154 g/mol. The smallest absolute Gasteiger partial charge is 0.237 e. The number of terminal acetylenes is 1. The number of hydrogen-bond donors (Lipinski definition) is 1. The van der Waals surface area contributed by atoms with Crippen molar-refractivity contribution in [3.63, 3.8) is 0 Å². The van der Waals surface area contributed by atoms with E-state index in [0.29, 0.717) is 13.1 Å². The molecule has 0 radical (unpaired) electrons. The van der Waals surface area contributed by atoms with E-state index in [9.17, 15) is 4.79 Å². The van der Waals surface area contributed by atoms with Gasteiger partial charge in [-0.2, -0.15) is 0 Å². The van der Waals surface area contributed by atoms with Crippen molar-refractivity contribution >= 4 is 5.91 Å². The van der Waals surface area contributed by atoms with Gasteiger partial charge in [-0.3, -0.25) is 4.79 Å². The molecule has 62 valence electrons. The predicted molar refractivity (Wildman–Crippen MR) is 45.0 cm³/mol. The Hall–Kier alpha value is -1.01. The van der Waals surface area contributed by atoms with E-state index in [4.69, 9.17) is 6.42 Å². The van der Waals surface area contributed by atoms with Gasteiger partial charge in [0.15, 0.2) is 0 Å². The standard InChI is InChI=1S/C8H14N2O/c1-4-6-10(3)8(11)7-9-5-2/h1,9H,5-7H2,2-3H3. The normalized spacial score (nSPS) is 8.82. The van der Waals surface area contributed by atoms with E-state index < -0.39 is 0 Å². The van der Waals surface area contributed by atoms with Gasteiger partial charge in [-0.15, -0.1) is 6.42 Å². The summed E-state index contributed by atoms with van der Waals surface area (Å²) >= 11 is 0. The van der Waals surface area contributed by atoms with Gasteiger partial charge in [-0.05, 0) is 6.54 Å². The highest BCUT2D eigenvalue weighted by atomic mass is 16.2. The average molecular weight is 154 g/mol. The van der Waals surface area contributed by atoms with Crippen molar-refractivity contribution in [3.8, 4) is 12.3 Å². The number of rotatable bonds is 4. The average Bonchev–Trinajstić information content (AvgIpc) is 2.00. The lowest BCUT2D eigenvalue weighted by atomic mass is 10.5. The molecule has 0 aromatic rings. The Morgan fingerprint density at radius 1 is 1.73 bits per heavy atom. The lowest BCUT2D eigenvalue weighted by Gasteiger charge is -2.13. The summed E-state index contributed by atoms with van der Waals surface area (Å²) in [5.74, 6) is 2.43. The molecule has 0 aromatic carbocycles. The van der Waals surface area contributed by atoms with Crippen LogP contribution in [0.3, 0.4) is 0 Å². The van der Waals surface area contributed by atoms with Gasteiger partial charge in [0.2, 0.25) is 5.91 Å². The van der Waals surface area contributed by atoms with Crippen LogP contribution < -0.4 is 5.32 Å². The van der Waals surface area contributed by atoms with Crippen LogP contribution in [0.5, 0.6) is 0 Å². The number of nitrogens with one attached hydrogen (secondary N) is 1. The Balaban J connectivity index is 3.57. The number of amides is 1. The molecule has 0 aliphatic heterocycles. The van der Waals surface area contributed by atoms with Crippen molar-refractivity contribution in [1.82, 2.24) is 10.2 Å². The van der Waals surface area contributed by atoms with E-state index in [1.807, 2.05) is 6.92 Å². The quantitative estimate of drug-likeness (QED) is 0.563. The molecule has 0 rings (SSSR count). The zero-order chi connectivity index (χ0) is 8.69. The Morgan fingerprint density at radius 2 is 2.36 bits per heavy atom. The van der Waals surface area contributed by atoms with Crippen molar-refractivity contribution in [3.05, 3.63) is 0 Å². The van der Waals surface area contributed by atoms with Gasteiger partial charge in [-0.25, -0.2) is 0 Å². The fraction of sp³-hybridized carbons (Fsp3) is 0.625. The van der Waals surface area contributed by atoms with Crippen LogP contribution >= 0.6 is 0 Å². The maximum atomic E-state index is 11.1. The summed E-state index contributed by atoms with van der Waals surface area (Å²) in [6, 6.07) is 0. The highest BCUT2D eigenvalue weighted by Gasteiger charge is 2.04. The van der Waals surface area contributed by atoms with Crippen LogP contribution in [0.2, 0.25) is 0 Å². The molecule has 0 saturated carbocycles. The summed E-state index contributed by atoms with van der Waals surface area (Å²) in [6.45, 7) is 3.50. The predicted octanol–water partition coefficient (Wildman–Crippen LogP) is -0.312. The summed E-state index contributed by atoms with van der Waals surface area (Å²) in [6.07, 6.45) is 5.03. The Kier molecular flexibility index (Phi) is 5.22. The van der Waals surface area contributed by atoms with E-state index in [1.165, 1.54) is 4.90 Å². The van der Waals surface area contributed by atoms with E-state index in [2.05, 4.69) is 11.2 Å². The van der Waals surface area contributed by atoms with Gasteiger partial charge in [-0.1, -0.05) is 12.8 Å². The first-order valence-electron chi connectivity index (χ1n) is 3.60. The van der Waals surface area contributed by atoms with Crippen LogP contribution in [0.15, 0.2) is 0 Å². The third-order valence-corrected chi connectivity index (χ3v) is 1.28. The van der Waals surface area contributed by atoms with Gasteiger partial charge >= 0.3 is 0 Å². The fourth-order valence-corrected chi connectivity index (χ4v) is 0.592. The molecule has 0 fully saturated rings. The third kappa shape index (κ3) is 4.40. The SMILES string of the molecule is C#CCN(C)C(=O)CNCC. The first-order chi connectivity index (χ1) is 5.22. The summed E-state index contributed by atoms with van der Waals surface area (Å²) in [7, 11) is 1.69. The highest BCUT2D eigenvalue weighted by Crippen LogP contribution is 1.80. The van der Waals surface area contributed by atoms with Crippen LogP contribution in [0.25, 0.3) is 0 Å². The minimum absolute atomic E-state index is 0.0322. The molecule has 0 aromatic heterocycles. The molecular weight excluding hydrogens is 140 g/mol. The molecule has 1 amide bonds. The maximum Gasteiger partial charge on any atom is 0.237 e. The summed E-state index contributed by atoms with van der Waals surface area (Å²) in [4.78, 5) is 12.6. The van der Waals surface area contributed by atoms with E-state index in [1.54, 1.807) is 7.05 Å². The van der Waals surface area contributed by atoms with Crippen LogP contribution in [0, 0.1) is 12.3 Å². The van der Waals surface area contributed by atoms with Gasteiger partial charge in [0.05, 0.1) is 13.1 Å². The van der Waals surface area contributed by atoms with Crippen molar-refractivity contribution < 1.29 is 4.79 Å². The van der Waals surface area contributed by atoms with Crippen LogP contribution in [-0.4, -0.2) is 37.5 Å². The minimum atomic E-state index is 0.0322. The lowest BCUT2D eigenvalue weighted by Crippen LogP contribution is -2.35. The third-order valence-electron chi connectivity index (χ3n) is 1.28. The van der Waals surface area contributed by atoms with Gasteiger partial charge < -0.3 is 10.2 Å². The van der Waals surface area contributed by atoms with Gasteiger partial charge in [0.25, 0.3) is 0 Å². The highest BCUT2D eigenvalue weighted by molar-refractivity contribution is 5.78. The van der Waals surface area contributed by atoms with E-state index in [0.717, 1.165) is 6.54 Å². The molecule has 0 unspecified atom stereocenters. The molecule has 0 saturated heterocycles. The number of likely N-dealkylation sites (N-methyl/N-ethyl adjacent to an activating group) is 2. The Bertz CT molecular complexity index is 160. The van der Waals surface area contributed by atoms with Gasteiger partial charge in [0.1, 0.15) is 0 Å². The molecule has 3 nitrogen and oxygen atoms in total. The largest absolute Gasteiger partial charge is 0.334 e. The number of hydrogen-bond acceptors (Lipinski definition) is 2. The molecule has 0 aliphatic carbocycles. The number of carbonyl (C=O) groups is 1. The first kappa shape index (κ1) is 9.99. The minimum Gasteiger partial charge on any atom is -0.334 e. The molecule has 0 aliphatic rings. The van der Waals surface area contributed by atoms with Crippen molar-refractivity contribution in [2.24, 2.45) is 0 Å². The second kappa shape index (κ2) is 5.75. The van der Waals surface area contributed by atoms with Crippen LogP contribution in [0.1, 0.15) is 6.92 Å². The molecule has 11 heavy (non-hydrogen) atoms. The fourth-order valence-electron chi connectivity index (χ4n) is 0.592. The van der Waals surface area contributed by atoms with Crippen LogP contribution in [0.4, 0.5) is 0 Å². The lowest BCUT2D eigenvalue weighted by molar-refractivity contribution is -0.128. The Labute approximate surface area is 67.8 Å². The van der Waals surface area contributed by atoms with E-state index in [-0.39, 0.29) is 5.91 Å². The van der Waals surface area contributed by atoms with Gasteiger partial charge in [0, 0.05) is 7.05 Å². The first-order valence-corrected chi connectivity index (χ1v) is 3.60. The van der Waals surface area contributed by atoms with Crippen molar-refractivity contribution in [1.29, 1.82) is 0 Å². The number of nitrogens with zero attached hydrogens (tertiary/aromatic N) is 1. The molecule has 0 atom stereocenters. The van der Waals surface area contributed by atoms with Crippen molar-refractivity contribution in [2.75, 3.05) is 26.7 Å². The molecule has 0 bridgehead atoms. The molecule has 3 heteroatoms. The summed E-state index contributed by atoms with van der Waals surface area (Å²) in [5, 5.41) is 2.93. The molecule has 0 heterocycles. The van der Waals surface area contributed by atoms with Crippen LogP contribution in [-0.2, 0) is 4.79 Å². The van der Waals surface area contributed by atoms with E-state index >= 15 is 0 Å². The summed E-state index contributed by atoms with van der Waals surface area (Å²) in [5.41, 5.74) is 0. The second-order valence-corrected chi connectivity index (χ2v) is 2.23. The number of carbonyl (C=O) groups excluding carboxylic acids is 1. The Morgan fingerprint density at radius 3 is 2.82 bits per heavy atom. The van der Waals surface area contributed by atoms with Crippen molar-refractivity contribution in [2.45, 2.75) is 6.92 Å². The molecule has 0 spiro atoms. The zero-order valence-corrected chi connectivity index (χ0v) is 7.05. The molecule has 1 N–H and O–H groups in total.